The van der Waals surface area contributed by atoms with Gasteiger partial charge in [0, 0.05) is 12.1 Å². The fraction of sp³-hybridized carbons (Fsp3) is 0.667. The Morgan fingerprint density at radius 1 is 1.11 bits per heavy atom. The highest BCUT2D eigenvalue weighted by atomic mass is 19.3. The summed E-state index contributed by atoms with van der Waals surface area (Å²) in [6.45, 7) is 4.51. The molecule has 0 spiro atoms. The topological polar surface area (TPSA) is 49.8 Å². The Labute approximate surface area is 106 Å². The van der Waals surface area contributed by atoms with Gasteiger partial charge in [-0.05, 0) is 12.8 Å². The van der Waals surface area contributed by atoms with Crippen molar-refractivity contribution in [2.24, 2.45) is 0 Å². The van der Waals surface area contributed by atoms with Gasteiger partial charge in [-0.15, -0.1) is 0 Å². The molecule has 0 bridgehead atoms. The van der Waals surface area contributed by atoms with Gasteiger partial charge in [0.25, 0.3) is 6.43 Å². The molecule has 1 aromatic heterocycles. The first-order valence-corrected chi connectivity index (χ1v) is 6.28. The lowest BCUT2D eigenvalue weighted by atomic mass is 10.1. The number of nitrogens with zero attached hydrogens (tertiary/aromatic N) is 2. The van der Waals surface area contributed by atoms with Crippen molar-refractivity contribution in [1.82, 2.24) is 9.97 Å². The van der Waals surface area contributed by atoms with Crippen LogP contribution >= 0.6 is 0 Å². The predicted molar refractivity (Wildman–Crippen MR) is 69.3 cm³/mol. The molecule has 0 amide bonds. The first kappa shape index (κ1) is 14.6. The largest absolute Gasteiger partial charge is 0.370 e. The van der Waals surface area contributed by atoms with Crippen LogP contribution < -0.4 is 10.6 Å². The van der Waals surface area contributed by atoms with Crippen molar-refractivity contribution in [2.45, 2.75) is 39.5 Å². The van der Waals surface area contributed by atoms with E-state index in [0.717, 1.165) is 37.2 Å². The maximum atomic E-state index is 12.2. The number of aromatic nitrogens is 2. The van der Waals surface area contributed by atoms with Crippen molar-refractivity contribution in [3.05, 3.63) is 11.9 Å². The SMILES string of the molecule is CCCNc1ncnc(NCC(F)F)c1CCC. The third kappa shape index (κ3) is 4.43. The van der Waals surface area contributed by atoms with Crippen LogP contribution in [0.4, 0.5) is 20.4 Å². The Morgan fingerprint density at radius 2 is 1.78 bits per heavy atom. The lowest BCUT2D eigenvalue weighted by molar-refractivity contribution is 0.163. The molecule has 0 aliphatic carbocycles. The van der Waals surface area contributed by atoms with Gasteiger partial charge >= 0.3 is 0 Å². The molecule has 1 rings (SSSR count). The predicted octanol–water partition coefficient (Wildman–Crippen LogP) is 2.93. The van der Waals surface area contributed by atoms with E-state index >= 15 is 0 Å². The molecule has 0 aromatic carbocycles. The summed E-state index contributed by atoms with van der Waals surface area (Å²) in [5.74, 6) is 1.25. The minimum atomic E-state index is -2.39. The second-order valence-electron chi connectivity index (χ2n) is 4.00. The van der Waals surface area contributed by atoms with E-state index in [0.29, 0.717) is 5.82 Å². The molecule has 0 saturated carbocycles. The molecule has 18 heavy (non-hydrogen) atoms. The highest BCUT2D eigenvalue weighted by Gasteiger charge is 2.11. The third-order valence-electron chi connectivity index (χ3n) is 2.41. The zero-order chi connectivity index (χ0) is 13.4. The van der Waals surface area contributed by atoms with E-state index in [-0.39, 0.29) is 6.54 Å². The highest BCUT2D eigenvalue weighted by molar-refractivity contribution is 5.57. The van der Waals surface area contributed by atoms with Crippen LogP contribution in [-0.4, -0.2) is 29.5 Å². The fourth-order valence-corrected chi connectivity index (χ4v) is 1.62. The summed E-state index contributed by atoms with van der Waals surface area (Å²) in [5, 5.41) is 5.87. The Kier molecular flexibility index (Phi) is 6.32. The number of anilines is 2. The normalized spacial score (nSPS) is 10.7. The summed E-state index contributed by atoms with van der Waals surface area (Å²) in [6.07, 6.45) is 1.66. The van der Waals surface area contributed by atoms with Crippen LogP contribution in [0.25, 0.3) is 0 Å². The van der Waals surface area contributed by atoms with Gasteiger partial charge in [0.1, 0.15) is 18.0 Å². The van der Waals surface area contributed by atoms with E-state index in [1.54, 1.807) is 0 Å². The summed E-state index contributed by atoms with van der Waals surface area (Å²) in [5.41, 5.74) is 0.883. The molecule has 0 saturated heterocycles. The molecule has 2 N–H and O–H groups in total. The van der Waals surface area contributed by atoms with Gasteiger partial charge in [-0.1, -0.05) is 20.3 Å². The monoisotopic (exact) mass is 258 g/mol. The van der Waals surface area contributed by atoms with E-state index in [9.17, 15) is 8.78 Å². The maximum Gasteiger partial charge on any atom is 0.255 e. The molecule has 1 aromatic rings. The zero-order valence-corrected chi connectivity index (χ0v) is 10.8. The molecule has 0 radical (unpaired) electrons. The second kappa shape index (κ2) is 7.79. The zero-order valence-electron chi connectivity index (χ0n) is 10.8. The number of hydrogen-bond donors (Lipinski definition) is 2. The summed E-state index contributed by atoms with van der Waals surface area (Å²) < 4.78 is 24.4. The maximum absolute atomic E-state index is 12.2. The van der Waals surface area contributed by atoms with Crippen LogP contribution in [0.1, 0.15) is 32.3 Å². The van der Waals surface area contributed by atoms with Gasteiger partial charge in [0.05, 0.1) is 6.54 Å². The standard InChI is InChI=1S/C12H20F2N4/c1-3-5-9-11(15-6-4-2)17-8-18-12(9)16-7-10(13)14/h8,10H,3-7H2,1-2H3,(H2,15,16,17,18). The van der Waals surface area contributed by atoms with Crippen molar-refractivity contribution in [3.63, 3.8) is 0 Å². The number of hydrogen-bond acceptors (Lipinski definition) is 4. The number of alkyl halides is 2. The molecule has 1 heterocycles. The van der Waals surface area contributed by atoms with Crippen LogP contribution in [0, 0.1) is 0 Å². The molecule has 0 fully saturated rings. The second-order valence-corrected chi connectivity index (χ2v) is 4.00. The van der Waals surface area contributed by atoms with Crippen LogP contribution in [-0.2, 0) is 6.42 Å². The quantitative estimate of drug-likeness (QED) is 0.752. The molecule has 6 heteroatoms. The number of nitrogens with one attached hydrogen (secondary N) is 2. The lowest BCUT2D eigenvalue weighted by Gasteiger charge is -2.14. The fourth-order valence-electron chi connectivity index (χ4n) is 1.62. The van der Waals surface area contributed by atoms with Gasteiger partial charge in [-0.2, -0.15) is 0 Å². The van der Waals surface area contributed by atoms with Gasteiger partial charge in [-0.3, -0.25) is 0 Å². The van der Waals surface area contributed by atoms with Gasteiger partial charge in [0.15, 0.2) is 0 Å². The number of halogens is 2. The molecule has 0 aliphatic rings. The van der Waals surface area contributed by atoms with E-state index in [4.69, 9.17) is 0 Å². The average Bonchev–Trinajstić information content (AvgIpc) is 2.36. The van der Waals surface area contributed by atoms with E-state index in [1.807, 2.05) is 6.92 Å². The Balaban J connectivity index is 2.86. The molecular formula is C12H20F2N4. The van der Waals surface area contributed by atoms with Crippen molar-refractivity contribution in [2.75, 3.05) is 23.7 Å². The summed E-state index contributed by atoms with van der Waals surface area (Å²) >= 11 is 0. The van der Waals surface area contributed by atoms with Crippen LogP contribution in [0.2, 0.25) is 0 Å². The molecule has 4 nitrogen and oxygen atoms in total. The van der Waals surface area contributed by atoms with Gasteiger partial charge < -0.3 is 10.6 Å². The van der Waals surface area contributed by atoms with Crippen molar-refractivity contribution in [3.8, 4) is 0 Å². The summed E-state index contributed by atoms with van der Waals surface area (Å²) in [6, 6.07) is 0. The Bertz CT molecular complexity index is 358. The first-order valence-electron chi connectivity index (χ1n) is 6.28. The van der Waals surface area contributed by atoms with Gasteiger partial charge in [-0.25, -0.2) is 18.7 Å². The average molecular weight is 258 g/mol. The van der Waals surface area contributed by atoms with Crippen LogP contribution in [0.3, 0.4) is 0 Å². The lowest BCUT2D eigenvalue weighted by Crippen LogP contribution is -2.15. The van der Waals surface area contributed by atoms with E-state index in [2.05, 4.69) is 27.5 Å². The molecule has 0 aliphatic heterocycles. The molecule has 102 valence electrons. The highest BCUT2D eigenvalue weighted by Crippen LogP contribution is 2.21. The van der Waals surface area contributed by atoms with E-state index < -0.39 is 6.43 Å². The summed E-state index contributed by atoms with van der Waals surface area (Å²) in [7, 11) is 0. The van der Waals surface area contributed by atoms with Crippen LogP contribution in [0.5, 0.6) is 0 Å². The van der Waals surface area contributed by atoms with Crippen molar-refractivity contribution >= 4 is 11.6 Å². The minimum Gasteiger partial charge on any atom is -0.370 e. The van der Waals surface area contributed by atoms with Gasteiger partial charge in [0.2, 0.25) is 0 Å². The molecule has 0 unspecified atom stereocenters. The third-order valence-corrected chi connectivity index (χ3v) is 2.41. The Morgan fingerprint density at radius 3 is 2.33 bits per heavy atom. The van der Waals surface area contributed by atoms with E-state index in [1.165, 1.54) is 6.33 Å². The van der Waals surface area contributed by atoms with Crippen molar-refractivity contribution in [1.29, 1.82) is 0 Å². The minimum absolute atomic E-state index is 0.388. The molecular weight excluding hydrogens is 238 g/mol. The Hall–Kier alpha value is -1.46. The van der Waals surface area contributed by atoms with Crippen molar-refractivity contribution < 1.29 is 8.78 Å². The molecule has 0 atom stereocenters. The van der Waals surface area contributed by atoms with Crippen LogP contribution in [0.15, 0.2) is 6.33 Å². The first-order chi connectivity index (χ1) is 8.69. The summed E-state index contributed by atoms with van der Waals surface area (Å²) in [4.78, 5) is 8.22. The number of rotatable bonds is 8. The smallest absolute Gasteiger partial charge is 0.255 e.